The number of halogens is 1. The van der Waals surface area contributed by atoms with E-state index in [2.05, 4.69) is 18.1 Å². The Morgan fingerprint density at radius 2 is 2.06 bits per heavy atom. The molecule has 0 amide bonds. The molecule has 1 rings (SSSR count). The molecule has 18 heavy (non-hydrogen) atoms. The van der Waals surface area contributed by atoms with Gasteiger partial charge in [-0.05, 0) is 56.0 Å². The molecule has 1 aromatic carbocycles. The Kier molecular flexibility index (Phi) is 5.96. The number of hydrogen-bond donors (Lipinski definition) is 1. The summed E-state index contributed by atoms with van der Waals surface area (Å²) >= 11 is 1.84. The smallest absolute Gasteiger partial charge is 0.123 e. The maximum absolute atomic E-state index is 13.3. The van der Waals surface area contributed by atoms with Crippen LogP contribution in [0.3, 0.4) is 0 Å². The molecule has 2 N–H and O–H groups in total. The fraction of sp³-hybridized carbons (Fsp3) is 0.571. The molecule has 1 aromatic rings. The fourth-order valence-electron chi connectivity index (χ4n) is 1.93. The first-order valence-corrected chi connectivity index (χ1v) is 7.63. The Morgan fingerprint density at radius 1 is 1.39 bits per heavy atom. The molecule has 0 aliphatic rings. The minimum absolute atomic E-state index is 0.161. The summed E-state index contributed by atoms with van der Waals surface area (Å²) in [5, 5.41) is 0. The highest BCUT2D eigenvalue weighted by molar-refractivity contribution is 7.98. The minimum atomic E-state index is -0.226. The highest BCUT2D eigenvalue weighted by Crippen LogP contribution is 2.27. The lowest BCUT2D eigenvalue weighted by Crippen LogP contribution is -2.31. The number of thioether (sulfide) groups is 1. The number of nitrogens with two attached hydrogens (primary N) is 1. The second-order valence-electron chi connectivity index (χ2n) is 4.73. The van der Waals surface area contributed by atoms with E-state index in [9.17, 15) is 4.39 Å². The third-order valence-corrected chi connectivity index (χ3v) is 3.90. The zero-order chi connectivity index (χ0) is 13.7. The van der Waals surface area contributed by atoms with E-state index in [1.54, 1.807) is 0 Å². The van der Waals surface area contributed by atoms with Crippen molar-refractivity contribution in [1.29, 1.82) is 0 Å². The largest absolute Gasteiger partial charge is 0.372 e. The van der Waals surface area contributed by atoms with E-state index >= 15 is 0 Å². The predicted molar refractivity (Wildman–Crippen MR) is 79.9 cm³/mol. The average molecular weight is 270 g/mol. The van der Waals surface area contributed by atoms with Crippen LogP contribution in [0.25, 0.3) is 0 Å². The zero-order valence-electron chi connectivity index (χ0n) is 11.6. The van der Waals surface area contributed by atoms with Crippen molar-refractivity contribution < 1.29 is 4.39 Å². The summed E-state index contributed by atoms with van der Waals surface area (Å²) in [5.74, 6) is 0.899. The van der Waals surface area contributed by atoms with Crippen LogP contribution in [0.1, 0.15) is 31.9 Å². The van der Waals surface area contributed by atoms with E-state index in [4.69, 9.17) is 5.73 Å². The first-order chi connectivity index (χ1) is 8.47. The molecule has 1 unspecified atom stereocenters. The van der Waals surface area contributed by atoms with Crippen LogP contribution in [-0.4, -0.2) is 25.1 Å². The molecule has 0 saturated heterocycles. The number of nitrogens with zero attached hydrogens (tertiary/aromatic N) is 1. The Hall–Kier alpha value is -0.740. The van der Waals surface area contributed by atoms with Crippen molar-refractivity contribution in [2.75, 3.05) is 24.0 Å². The standard InChI is InChI=1S/C14H23FN2S/c1-10(7-8-18-4)17(3)14-6-5-12(15)9-13(14)11(2)16/h5-6,9-11H,7-8,16H2,1-4H3/t10?,11-/m1/s1. The van der Waals surface area contributed by atoms with Gasteiger partial charge in [-0.25, -0.2) is 4.39 Å². The van der Waals surface area contributed by atoms with Crippen LogP contribution in [0.15, 0.2) is 18.2 Å². The van der Waals surface area contributed by atoms with E-state index in [0.29, 0.717) is 6.04 Å². The maximum Gasteiger partial charge on any atom is 0.123 e. The summed E-state index contributed by atoms with van der Waals surface area (Å²) in [5.41, 5.74) is 7.82. The average Bonchev–Trinajstić information content (AvgIpc) is 2.34. The summed E-state index contributed by atoms with van der Waals surface area (Å²) in [6.07, 6.45) is 3.21. The minimum Gasteiger partial charge on any atom is -0.372 e. The van der Waals surface area contributed by atoms with E-state index in [0.717, 1.165) is 23.4 Å². The van der Waals surface area contributed by atoms with Crippen LogP contribution in [0.2, 0.25) is 0 Å². The maximum atomic E-state index is 13.3. The molecular formula is C14H23FN2S. The second-order valence-corrected chi connectivity index (χ2v) is 5.72. The first kappa shape index (κ1) is 15.3. The Labute approximate surface area is 114 Å². The summed E-state index contributed by atoms with van der Waals surface area (Å²) in [7, 11) is 2.05. The Morgan fingerprint density at radius 3 is 2.61 bits per heavy atom. The molecule has 0 fully saturated rings. The fourth-order valence-corrected chi connectivity index (χ4v) is 2.51. The van der Waals surface area contributed by atoms with Gasteiger partial charge < -0.3 is 10.6 Å². The molecule has 0 aliphatic heterocycles. The van der Waals surface area contributed by atoms with Gasteiger partial charge in [0.15, 0.2) is 0 Å². The Balaban J connectivity index is 2.93. The number of anilines is 1. The van der Waals surface area contributed by atoms with Gasteiger partial charge in [-0.3, -0.25) is 0 Å². The van der Waals surface area contributed by atoms with Gasteiger partial charge in [0.2, 0.25) is 0 Å². The van der Waals surface area contributed by atoms with E-state index in [1.807, 2.05) is 31.8 Å². The van der Waals surface area contributed by atoms with Gasteiger partial charge >= 0.3 is 0 Å². The van der Waals surface area contributed by atoms with Crippen molar-refractivity contribution in [1.82, 2.24) is 0 Å². The van der Waals surface area contributed by atoms with Gasteiger partial charge in [-0.1, -0.05) is 0 Å². The molecule has 2 atom stereocenters. The van der Waals surface area contributed by atoms with E-state index in [-0.39, 0.29) is 11.9 Å². The van der Waals surface area contributed by atoms with Crippen molar-refractivity contribution in [2.24, 2.45) is 5.73 Å². The molecule has 0 saturated carbocycles. The third kappa shape index (κ3) is 3.89. The van der Waals surface area contributed by atoms with Crippen LogP contribution in [0.4, 0.5) is 10.1 Å². The summed E-state index contributed by atoms with van der Waals surface area (Å²) < 4.78 is 13.3. The zero-order valence-corrected chi connectivity index (χ0v) is 12.4. The molecule has 4 heteroatoms. The van der Waals surface area contributed by atoms with Crippen LogP contribution in [0.5, 0.6) is 0 Å². The lowest BCUT2D eigenvalue weighted by molar-refractivity contribution is 0.618. The van der Waals surface area contributed by atoms with Crippen molar-refractivity contribution in [2.45, 2.75) is 32.4 Å². The van der Waals surface area contributed by atoms with E-state index < -0.39 is 0 Å². The van der Waals surface area contributed by atoms with Gasteiger partial charge in [-0.2, -0.15) is 11.8 Å². The highest BCUT2D eigenvalue weighted by Gasteiger charge is 2.16. The SMILES string of the molecule is CSCCC(C)N(C)c1ccc(F)cc1[C@@H](C)N. The van der Waals surface area contributed by atoms with Crippen molar-refractivity contribution in [3.8, 4) is 0 Å². The molecule has 0 spiro atoms. The number of hydrogen-bond acceptors (Lipinski definition) is 3. The van der Waals surface area contributed by atoms with Crippen molar-refractivity contribution in [3.05, 3.63) is 29.6 Å². The molecule has 0 heterocycles. The lowest BCUT2D eigenvalue weighted by atomic mass is 10.0. The van der Waals surface area contributed by atoms with Crippen LogP contribution in [-0.2, 0) is 0 Å². The number of benzene rings is 1. The van der Waals surface area contributed by atoms with Crippen molar-refractivity contribution in [3.63, 3.8) is 0 Å². The van der Waals surface area contributed by atoms with Crippen LogP contribution >= 0.6 is 11.8 Å². The van der Waals surface area contributed by atoms with Gasteiger partial charge in [0, 0.05) is 24.8 Å². The highest BCUT2D eigenvalue weighted by atomic mass is 32.2. The van der Waals surface area contributed by atoms with Crippen LogP contribution in [0, 0.1) is 5.82 Å². The van der Waals surface area contributed by atoms with Crippen molar-refractivity contribution >= 4 is 17.4 Å². The normalized spacial score (nSPS) is 14.3. The van der Waals surface area contributed by atoms with E-state index in [1.165, 1.54) is 12.1 Å². The third-order valence-electron chi connectivity index (χ3n) is 3.26. The van der Waals surface area contributed by atoms with Gasteiger partial charge in [-0.15, -0.1) is 0 Å². The predicted octanol–water partition coefficient (Wildman–Crippen LogP) is 3.42. The van der Waals surface area contributed by atoms with Gasteiger partial charge in [0.25, 0.3) is 0 Å². The Bertz CT molecular complexity index is 382. The van der Waals surface area contributed by atoms with Crippen LogP contribution < -0.4 is 10.6 Å². The molecule has 2 nitrogen and oxygen atoms in total. The summed E-state index contributed by atoms with van der Waals surface area (Å²) in [6, 6.07) is 5.12. The van der Waals surface area contributed by atoms with Gasteiger partial charge in [0.05, 0.1) is 0 Å². The quantitative estimate of drug-likeness (QED) is 0.859. The monoisotopic (exact) mass is 270 g/mol. The molecule has 102 valence electrons. The summed E-state index contributed by atoms with van der Waals surface area (Å²) in [4.78, 5) is 2.19. The topological polar surface area (TPSA) is 29.3 Å². The lowest BCUT2D eigenvalue weighted by Gasteiger charge is -2.30. The second kappa shape index (κ2) is 7.00. The summed E-state index contributed by atoms with van der Waals surface area (Å²) in [6.45, 7) is 4.07. The first-order valence-electron chi connectivity index (χ1n) is 6.24. The molecule has 0 bridgehead atoms. The van der Waals surface area contributed by atoms with Gasteiger partial charge in [0.1, 0.15) is 5.82 Å². The number of rotatable bonds is 6. The molecule has 0 radical (unpaired) electrons. The molecule has 0 aliphatic carbocycles. The molecule has 0 aromatic heterocycles. The molecular weight excluding hydrogens is 247 g/mol.